The first-order valence-corrected chi connectivity index (χ1v) is 18.5. The summed E-state index contributed by atoms with van der Waals surface area (Å²) in [6.45, 7) is 14.7. The summed E-state index contributed by atoms with van der Waals surface area (Å²) >= 11 is 0. The van der Waals surface area contributed by atoms with Gasteiger partial charge in [0.2, 0.25) is 0 Å². The van der Waals surface area contributed by atoms with Crippen molar-refractivity contribution in [3.63, 3.8) is 0 Å². The Kier molecular flexibility index (Phi) is 12.5. The first kappa shape index (κ1) is 30.9. The molecule has 0 nitrogen and oxygen atoms in total. The maximum Gasteiger partial charge on any atom is -0.0324 e. The van der Waals surface area contributed by atoms with Crippen LogP contribution >= 0.6 is 0 Å². The fraction of sp³-hybridized carbons (Fsp3) is 1.00. The van der Waals surface area contributed by atoms with Crippen LogP contribution in [0.5, 0.6) is 0 Å². The van der Waals surface area contributed by atoms with Gasteiger partial charge >= 0.3 is 0 Å². The van der Waals surface area contributed by atoms with E-state index >= 15 is 0 Å². The van der Waals surface area contributed by atoms with E-state index in [0.717, 1.165) is 71.0 Å². The van der Waals surface area contributed by atoms with Crippen molar-refractivity contribution in [2.45, 2.75) is 170 Å². The quantitative estimate of drug-likeness (QED) is 0.295. The molecule has 0 amide bonds. The second-order valence-corrected chi connectivity index (χ2v) is 15.7. The molecule has 0 radical (unpaired) electrons. The van der Waals surface area contributed by atoms with Crippen molar-refractivity contribution in [2.24, 2.45) is 71.0 Å². The van der Waals surface area contributed by atoms with Crippen LogP contribution in [0.1, 0.15) is 170 Å². The number of hydrogen-bond acceptors (Lipinski definition) is 0. The zero-order valence-electron chi connectivity index (χ0n) is 27.1. The minimum absolute atomic E-state index is 1.00. The normalized spacial score (nSPS) is 45.3. The molecule has 12 atom stereocenters. The van der Waals surface area contributed by atoms with E-state index in [1.54, 1.807) is 70.6 Å². The molecule has 5 aliphatic rings. The van der Waals surface area contributed by atoms with Crippen molar-refractivity contribution in [3.8, 4) is 0 Å². The van der Waals surface area contributed by atoms with E-state index in [-0.39, 0.29) is 0 Å². The van der Waals surface area contributed by atoms with Gasteiger partial charge in [-0.1, -0.05) is 112 Å². The van der Waals surface area contributed by atoms with E-state index in [1.165, 1.54) is 57.8 Å². The fourth-order valence-electron chi connectivity index (χ4n) is 11.4. The average Bonchev–Trinajstić information content (AvgIpc) is 3.60. The van der Waals surface area contributed by atoms with Gasteiger partial charge in [0.1, 0.15) is 0 Å². The van der Waals surface area contributed by atoms with E-state index in [9.17, 15) is 0 Å². The second-order valence-electron chi connectivity index (χ2n) is 15.7. The maximum atomic E-state index is 2.62. The molecular weight excluding hydrogens is 456 g/mol. The van der Waals surface area contributed by atoms with Gasteiger partial charge in [0.15, 0.2) is 0 Å². The van der Waals surface area contributed by atoms with Gasteiger partial charge in [0.05, 0.1) is 0 Å². The average molecular weight is 527 g/mol. The number of hydrogen-bond donors (Lipinski definition) is 0. The molecule has 5 aliphatic carbocycles. The largest absolute Gasteiger partial charge is 0.0654 e. The van der Waals surface area contributed by atoms with E-state index in [2.05, 4.69) is 41.5 Å². The Balaban J connectivity index is 0.000000204. The third-order valence-electron chi connectivity index (χ3n) is 13.6. The van der Waals surface area contributed by atoms with E-state index in [4.69, 9.17) is 0 Å². The predicted octanol–water partition coefficient (Wildman–Crippen LogP) is 12.4. The van der Waals surface area contributed by atoms with Crippen LogP contribution in [-0.4, -0.2) is 0 Å². The molecule has 5 rings (SSSR count). The lowest BCUT2D eigenvalue weighted by Crippen LogP contribution is -2.43. The molecule has 0 aromatic carbocycles. The Hall–Kier alpha value is 0. The molecular formula is C38H70. The molecule has 5 saturated carbocycles. The van der Waals surface area contributed by atoms with Gasteiger partial charge in [-0.25, -0.2) is 0 Å². The van der Waals surface area contributed by atoms with Crippen molar-refractivity contribution < 1.29 is 0 Å². The molecule has 0 aliphatic heterocycles. The molecule has 38 heavy (non-hydrogen) atoms. The van der Waals surface area contributed by atoms with Gasteiger partial charge in [0, 0.05) is 0 Å². The van der Waals surface area contributed by atoms with Gasteiger partial charge in [-0.2, -0.15) is 0 Å². The SMILES string of the molecule is CCC1CCCC(C2CCC(C)C2)C1.CCCCC1C(C)CC2CCCC2C1C1CCC(CC)C(CC)C1. The van der Waals surface area contributed by atoms with Gasteiger partial charge in [0.25, 0.3) is 0 Å². The summed E-state index contributed by atoms with van der Waals surface area (Å²) in [5.41, 5.74) is 0. The summed E-state index contributed by atoms with van der Waals surface area (Å²) in [5.74, 6) is 12.9. The van der Waals surface area contributed by atoms with Crippen LogP contribution < -0.4 is 0 Å². The van der Waals surface area contributed by atoms with Crippen molar-refractivity contribution >= 4 is 0 Å². The summed E-state index contributed by atoms with van der Waals surface area (Å²) in [6, 6.07) is 0. The van der Waals surface area contributed by atoms with Gasteiger partial charge < -0.3 is 0 Å². The van der Waals surface area contributed by atoms with Gasteiger partial charge in [-0.05, 0) is 129 Å². The second kappa shape index (κ2) is 15.3. The summed E-state index contributed by atoms with van der Waals surface area (Å²) in [5, 5.41) is 0. The van der Waals surface area contributed by atoms with E-state index in [1.807, 2.05) is 0 Å². The first-order valence-electron chi connectivity index (χ1n) is 18.5. The Bertz CT molecular complexity index is 650. The summed E-state index contributed by atoms with van der Waals surface area (Å²) < 4.78 is 0. The molecule has 12 unspecified atom stereocenters. The minimum atomic E-state index is 1.00. The summed E-state index contributed by atoms with van der Waals surface area (Å²) in [7, 11) is 0. The van der Waals surface area contributed by atoms with Crippen LogP contribution in [0.15, 0.2) is 0 Å². The Morgan fingerprint density at radius 3 is 1.95 bits per heavy atom. The van der Waals surface area contributed by atoms with Gasteiger partial charge in [-0.15, -0.1) is 0 Å². The van der Waals surface area contributed by atoms with Crippen LogP contribution in [0.3, 0.4) is 0 Å². The minimum Gasteiger partial charge on any atom is -0.0654 e. The Labute approximate surface area is 240 Å². The predicted molar refractivity (Wildman–Crippen MR) is 168 cm³/mol. The molecule has 0 spiro atoms. The third kappa shape index (κ3) is 7.64. The lowest BCUT2D eigenvalue weighted by atomic mass is 9.55. The maximum absolute atomic E-state index is 2.62. The zero-order chi connectivity index (χ0) is 27.1. The van der Waals surface area contributed by atoms with Crippen LogP contribution in [0, 0.1) is 71.0 Å². The number of fused-ring (bicyclic) bond motifs is 1. The van der Waals surface area contributed by atoms with Crippen molar-refractivity contribution in [2.75, 3.05) is 0 Å². The van der Waals surface area contributed by atoms with E-state index in [0.29, 0.717) is 0 Å². The first-order chi connectivity index (χ1) is 18.5. The van der Waals surface area contributed by atoms with E-state index < -0.39 is 0 Å². The molecule has 0 aromatic heterocycles. The van der Waals surface area contributed by atoms with Crippen molar-refractivity contribution in [1.82, 2.24) is 0 Å². The van der Waals surface area contributed by atoms with Crippen LogP contribution in [0.2, 0.25) is 0 Å². The molecule has 0 heterocycles. The number of unbranched alkanes of at least 4 members (excludes halogenated alkanes) is 1. The molecule has 222 valence electrons. The van der Waals surface area contributed by atoms with Crippen molar-refractivity contribution in [1.29, 1.82) is 0 Å². The smallest absolute Gasteiger partial charge is 0.0324 e. The van der Waals surface area contributed by atoms with Crippen molar-refractivity contribution in [3.05, 3.63) is 0 Å². The molecule has 0 saturated heterocycles. The lowest BCUT2D eigenvalue weighted by molar-refractivity contribution is -0.0149. The molecule has 0 bridgehead atoms. The highest BCUT2D eigenvalue weighted by Gasteiger charge is 2.48. The molecule has 5 fully saturated rings. The third-order valence-corrected chi connectivity index (χ3v) is 13.6. The monoisotopic (exact) mass is 527 g/mol. The molecule has 0 N–H and O–H groups in total. The Morgan fingerprint density at radius 2 is 1.26 bits per heavy atom. The molecule has 0 heteroatoms. The van der Waals surface area contributed by atoms with Crippen LogP contribution in [0.4, 0.5) is 0 Å². The van der Waals surface area contributed by atoms with Crippen LogP contribution in [-0.2, 0) is 0 Å². The lowest BCUT2D eigenvalue weighted by Gasteiger charge is -2.51. The fourth-order valence-corrected chi connectivity index (χ4v) is 11.4. The zero-order valence-corrected chi connectivity index (χ0v) is 27.1. The summed E-state index contributed by atoms with van der Waals surface area (Å²) in [4.78, 5) is 0. The highest BCUT2D eigenvalue weighted by atomic mass is 14.5. The number of rotatable bonds is 8. The Morgan fingerprint density at radius 1 is 0.553 bits per heavy atom. The highest BCUT2D eigenvalue weighted by Crippen LogP contribution is 2.57. The highest BCUT2D eigenvalue weighted by molar-refractivity contribution is 4.98. The van der Waals surface area contributed by atoms with Crippen LogP contribution in [0.25, 0.3) is 0 Å². The molecule has 0 aromatic rings. The van der Waals surface area contributed by atoms with Gasteiger partial charge in [-0.3, -0.25) is 0 Å². The topological polar surface area (TPSA) is 0 Å². The summed E-state index contributed by atoms with van der Waals surface area (Å²) in [6.07, 6.45) is 30.4. The standard InChI is InChI=1S/C24H44.C14H26/c1-5-8-11-22-17(4)15-20-10-9-12-23(20)24(22)21-14-13-18(6-2)19(7-3)16-21;1-3-12-5-4-6-13(10-12)14-8-7-11(2)9-14/h17-24H,5-16H2,1-4H3;11-14H,3-10H2,1-2H3.